The number of halogens is 4. The van der Waals surface area contributed by atoms with Crippen LogP contribution in [0, 0.1) is 5.92 Å². The number of likely N-dealkylation sites (tertiary alicyclic amines) is 2. The molecule has 2 aromatic rings. The number of aromatic nitrogens is 1. The van der Waals surface area contributed by atoms with Gasteiger partial charge in [0.15, 0.2) is 6.23 Å². The highest BCUT2D eigenvalue weighted by Crippen LogP contribution is 2.38. The molecule has 16 heteroatoms. The molecule has 4 unspecified atom stereocenters. The number of amidine groups is 1. The Bertz CT molecular complexity index is 1720. The number of anilines is 1. The molecule has 1 amide bonds. The number of nitrogens with one attached hydrogen (secondary N) is 3. The predicted octanol–water partition coefficient (Wildman–Crippen LogP) is 2.75. The van der Waals surface area contributed by atoms with Crippen molar-refractivity contribution in [2.45, 2.75) is 43.6 Å². The third kappa shape index (κ3) is 7.03. The minimum absolute atomic E-state index is 0.0508. The summed E-state index contributed by atoms with van der Waals surface area (Å²) >= 11 is 5.86. The average molecular weight is 691 g/mol. The summed E-state index contributed by atoms with van der Waals surface area (Å²) in [5, 5.41) is 27.8. The van der Waals surface area contributed by atoms with Crippen molar-refractivity contribution in [3.05, 3.63) is 87.5 Å². The Balaban J connectivity index is 1.10. The van der Waals surface area contributed by atoms with E-state index in [0.29, 0.717) is 29.2 Å². The number of aliphatic hydroxyl groups excluding tert-OH is 2. The van der Waals surface area contributed by atoms with Gasteiger partial charge in [0.1, 0.15) is 35.6 Å². The van der Waals surface area contributed by atoms with Crippen molar-refractivity contribution in [1.82, 2.24) is 20.1 Å². The molecule has 1 aliphatic carbocycles. The molecular weight excluding hydrogens is 657 g/mol. The number of aliphatic imine (C=N–C) groups is 1. The lowest BCUT2D eigenvalue weighted by Crippen LogP contribution is -2.48. The number of carbonyl (C=O) groups is 1. The molecule has 0 radical (unpaired) electrons. The lowest BCUT2D eigenvalue weighted by atomic mass is 9.86. The van der Waals surface area contributed by atoms with E-state index in [0.717, 1.165) is 38.1 Å². The van der Waals surface area contributed by atoms with E-state index in [1.807, 2.05) is 12.2 Å². The van der Waals surface area contributed by atoms with E-state index < -0.39 is 30.0 Å². The molecule has 4 aliphatic rings. The Labute approximate surface area is 278 Å². The molecule has 1 aromatic carbocycles. The van der Waals surface area contributed by atoms with Crippen LogP contribution in [0.4, 0.5) is 18.9 Å². The highest BCUT2D eigenvalue weighted by Gasteiger charge is 2.46. The van der Waals surface area contributed by atoms with Gasteiger partial charge in [0.25, 0.3) is 11.5 Å². The zero-order valence-electron chi connectivity index (χ0n) is 25.5. The van der Waals surface area contributed by atoms with E-state index >= 15 is 0 Å². The number of piperidine rings is 1. The fourth-order valence-corrected chi connectivity index (χ4v) is 6.55. The Kier molecular flexibility index (Phi) is 9.45. The van der Waals surface area contributed by atoms with Crippen molar-refractivity contribution in [3.8, 4) is 11.5 Å². The van der Waals surface area contributed by atoms with Gasteiger partial charge in [-0.15, -0.1) is 13.2 Å². The lowest BCUT2D eigenvalue weighted by Gasteiger charge is -2.37. The summed E-state index contributed by atoms with van der Waals surface area (Å²) in [5.41, 5.74) is 1.18. The van der Waals surface area contributed by atoms with Crippen LogP contribution < -0.4 is 25.7 Å². The summed E-state index contributed by atoms with van der Waals surface area (Å²) in [6, 6.07) is 4.56. The van der Waals surface area contributed by atoms with Crippen LogP contribution in [-0.2, 0) is 4.79 Å². The molecule has 6 rings (SSSR count). The number of hydrogen-bond acceptors (Lipinski definition) is 10. The second-order valence-corrected chi connectivity index (χ2v) is 12.2. The van der Waals surface area contributed by atoms with Crippen molar-refractivity contribution in [1.29, 1.82) is 0 Å². The first-order valence-electron chi connectivity index (χ1n) is 15.4. The summed E-state index contributed by atoms with van der Waals surface area (Å²) in [4.78, 5) is 37.4. The molecule has 2 fully saturated rings. The van der Waals surface area contributed by atoms with Crippen molar-refractivity contribution < 1.29 is 37.7 Å². The normalized spacial score (nSPS) is 23.2. The summed E-state index contributed by atoms with van der Waals surface area (Å²) in [7, 11) is 0. The molecule has 0 spiro atoms. The van der Waals surface area contributed by atoms with Gasteiger partial charge in [-0.25, -0.2) is 0 Å². The van der Waals surface area contributed by atoms with Gasteiger partial charge in [0, 0.05) is 61.5 Å². The number of fused-ring (bicyclic) bond motifs is 2. The van der Waals surface area contributed by atoms with Crippen molar-refractivity contribution in [3.63, 3.8) is 0 Å². The summed E-state index contributed by atoms with van der Waals surface area (Å²) < 4.78 is 46.8. The smallest absolute Gasteiger partial charge is 0.491 e. The SMILES string of the molecule is C=CN1CCC(N2C(=O)C3=CC4CN=C(c5c(NCC(O)COc6ccc(OC(F)(F)F)c(Cl)c6)cc[nH]c5=O)NC4C=C3C2O)CC1. The van der Waals surface area contributed by atoms with Crippen LogP contribution in [0.1, 0.15) is 18.4 Å². The number of rotatable bonds is 10. The fourth-order valence-electron chi connectivity index (χ4n) is 6.34. The van der Waals surface area contributed by atoms with E-state index in [1.54, 1.807) is 17.2 Å². The molecule has 3 aliphatic heterocycles. The van der Waals surface area contributed by atoms with E-state index in [9.17, 15) is 33.0 Å². The van der Waals surface area contributed by atoms with E-state index in [1.165, 1.54) is 12.3 Å². The second-order valence-electron chi connectivity index (χ2n) is 11.8. The van der Waals surface area contributed by atoms with Crippen LogP contribution in [0.15, 0.2) is 76.3 Å². The molecule has 4 heterocycles. The predicted molar refractivity (Wildman–Crippen MR) is 171 cm³/mol. The number of ether oxygens (including phenoxy) is 2. The van der Waals surface area contributed by atoms with Gasteiger partial charge in [-0.1, -0.05) is 30.3 Å². The largest absolute Gasteiger partial charge is 0.573 e. The van der Waals surface area contributed by atoms with E-state index in [-0.39, 0.29) is 53.4 Å². The summed E-state index contributed by atoms with van der Waals surface area (Å²) in [6.07, 6.45) is 1.32. The van der Waals surface area contributed by atoms with Gasteiger partial charge in [-0.2, -0.15) is 0 Å². The van der Waals surface area contributed by atoms with Crippen LogP contribution in [-0.4, -0.2) is 100 Å². The number of aromatic amines is 1. The fraction of sp³-hybridized carbons (Fsp3) is 0.406. The molecule has 48 heavy (non-hydrogen) atoms. The molecule has 5 N–H and O–H groups in total. The number of aliphatic hydroxyl groups is 2. The molecule has 256 valence electrons. The van der Waals surface area contributed by atoms with Crippen molar-refractivity contribution >= 4 is 29.0 Å². The molecule has 2 saturated heterocycles. The molecule has 0 saturated carbocycles. The number of nitrogens with zero attached hydrogens (tertiary/aromatic N) is 3. The maximum Gasteiger partial charge on any atom is 0.573 e. The van der Waals surface area contributed by atoms with Crippen molar-refractivity contribution in [2.75, 3.05) is 38.1 Å². The van der Waals surface area contributed by atoms with E-state index in [2.05, 4.69) is 36.8 Å². The van der Waals surface area contributed by atoms with Gasteiger partial charge in [-0.05, 0) is 37.2 Å². The third-order valence-electron chi connectivity index (χ3n) is 8.73. The Morgan fingerprint density at radius 3 is 2.69 bits per heavy atom. The average Bonchev–Trinajstić information content (AvgIpc) is 3.30. The van der Waals surface area contributed by atoms with Gasteiger partial charge in [-0.3, -0.25) is 14.6 Å². The number of alkyl halides is 3. The van der Waals surface area contributed by atoms with E-state index in [4.69, 9.17) is 16.3 Å². The molecule has 0 bridgehead atoms. The molecule has 12 nitrogen and oxygen atoms in total. The number of carbonyl (C=O) groups excluding carboxylic acids is 1. The van der Waals surface area contributed by atoms with Gasteiger partial charge < -0.3 is 45.1 Å². The maximum atomic E-state index is 13.4. The lowest BCUT2D eigenvalue weighted by molar-refractivity contribution is -0.274. The minimum atomic E-state index is -4.90. The second kappa shape index (κ2) is 13.6. The van der Waals surface area contributed by atoms with Gasteiger partial charge >= 0.3 is 6.36 Å². The Morgan fingerprint density at radius 2 is 1.98 bits per heavy atom. The van der Waals surface area contributed by atoms with Crippen LogP contribution in [0.3, 0.4) is 0 Å². The summed E-state index contributed by atoms with van der Waals surface area (Å²) in [6.45, 7) is 5.33. The van der Waals surface area contributed by atoms with Crippen molar-refractivity contribution in [2.24, 2.45) is 10.9 Å². The molecular formula is C32H34ClF3N6O6. The maximum absolute atomic E-state index is 13.4. The first-order valence-corrected chi connectivity index (χ1v) is 15.7. The number of pyridine rings is 1. The minimum Gasteiger partial charge on any atom is -0.491 e. The number of amides is 1. The topological polar surface area (TPSA) is 152 Å². The monoisotopic (exact) mass is 690 g/mol. The third-order valence-corrected chi connectivity index (χ3v) is 9.03. The van der Waals surface area contributed by atoms with Gasteiger partial charge in [0.2, 0.25) is 0 Å². The zero-order chi connectivity index (χ0) is 34.2. The quantitative estimate of drug-likeness (QED) is 0.254. The zero-order valence-corrected chi connectivity index (χ0v) is 26.3. The number of H-pyrrole nitrogens is 1. The number of hydrogen-bond donors (Lipinski definition) is 5. The molecule has 4 atom stereocenters. The first kappa shape index (κ1) is 33.4. The van der Waals surface area contributed by atoms with Crippen LogP contribution in [0.25, 0.3) is 0 Å². The number of benzene rings is 1. The first-order chi connectivity index (χ1) is 22.9. The summed E-state index contributed by atoms with van der Waals surface area (Å²) in [5.74, 6) is -0.518. The van der Waals surface area contributed by atoms with Gasteiger partial charge in [0.05, 0.1) is 16.8 Å². The highest BCUT2D eigenvalue weighted by atomic mass is 35.5. The Hall–Kier alpha value is -4.47. The standard InChI is InChI=1S/C32H34ClF3N6O6/c1-2-41-9-6-18(7-10-41)42-30(45)21-11-17-14-39-28(40-25(17)13-22(21)31(42)46)27-24(5-8-37-29(27)44)38-15-19(43)16-47-20-3-4-26(23(33)12-20)48-32(34,35)36/h2-5,8,11-13,17-19,25,31,43,46H,1,6-7,9-10,14-16H2,(H,39,40)(H2,37,38,44). The van der Waals surface area contributed by atoms with Crippen LogP contribution >= 0.6 is 11.6 Å². The Morgan fingerprint density at radius 1 is 1.21 bits per heavy atom. The highest BCUT2D eigenvalue weighted by molar-refractivity contribution is 6.32. The van der Waals surface area contributed by atoms with Crippen LogP contribution in [0.5, 0.6) is 11.5 Å². The van der Waals surface area contributed by atoms with Crippen LogP contribution in [0.2, 0.25) is 5.02 Å². The molecule has 1 aromatic heterocycles.